The second-order valence-corrected chi connectivity index (χ2v) is 4.60. The van der Waals surface area contributed by atoms with Crippen LogP contribution in [0.15, 0.2) is 34.9 Å². The van der Waals surface area contributed by atoms with Crippen molar-refractivity contribution in [1.29, 1.82) is 0 Å². The third kappa shape index (κ3) is 1.82. The van der Waals surface area contributed by atoms with Crippen molar-refractivity contribution in [2.45, 2.75) is 31.6 Å². The lowest BCUT2D eigenvalue weighted by atomic mass is 9.95. The van der Waals surface area contributed by atoms with Gasteiger partial charge in [0.15, 0.2) is 5.76 Å². The lowest BCUT2D eigenvalue weighted by Gasteiger charge is -2.08. The van der Waals surface area contributed by atoms with Gasteiger partial charge in [-0.3, -0.25) is 0 Å². The Bertz CT molecular complexity index is 498. The first-order valence-electron chi connectivity index (χ1n) is 6.10. The number of aromatic hydroxyl groups is 1. The molecule has 1 aromatic heterocycles. The van der Waals surface area contributed by atoms with Gasteiger partial charge in [0.05, 0.1) is 5.56 Å². The minimum absolute atomic E-state index is 0.0655. The van der Waals surface area contributed by atoms with Crippen LogP contribution in [0.25, 0.3) is 11.3 Å². The molecule has 3 heteroatoms. The van der Waals surface area contributed by atoms with E-state index in [0.717, 1.165) is 29.7 Å². The quantitative estimate of drug-likeness (QED) is 0.853. The molecule has 1 aliphatic rings. The van der Waals surface area contributed by atoms with Crippen LogP contribution in [0.1, 0.15) is 37.2 Å². The number of hydrogen-bond acceptors (Lipinski definition) is 3. The standard InChI is InChI=1S/C14H15NO2/c16-14-12(10-6-4-5-7-10)13(17-15-14)11-8-2-1-3-9-11/h1-3,8-10H,4-7H2,(H,15,16). The van der Waals surface area contributed by atoms with Gasteiger partial charge in [-0.15, -0.1) is 0 Å². The monoisotopic (exact) mass is 229 g/mol. The van der Waals surface area contributed by atoms with Crippen molar-refractivity contribution < 1.29 is 9.63 Å². The van der Waals surface area contributed by atoms with E-state index in [2.05, 4.69) is 5.16 Å². The normalized spacial score (nSPS) is 16.5. The molecule has 3 rings (SSSR count). The fraction of sp³-hybridized carbons (Fsp3) is 0.357. The molecule has 1 saturated carbocycles. The van der Waals surface area contributed by atoms with Crippen molar-refractivity contribution in [2.75, 3.05) is 0 Å². The van der Waals surface area contributed by atoms with Crippen LogP contribution in [-0.4, -0.2) is 10.3 Å². The molecular weight excluding hydrogens is 214 g/mol. The first-order valence-corrected chi connectivity index (χ1v) is 6.10. The molecule has 0 bridgehead atoms. The highest BCUT2D eigenvalue weighted by molar-refractivity contribution is 5.64. The zero-order valence-electron chi connectivity index (χ0n) is 9.60. The Hall–Kier alpha value is -1.77. The van der Waals surface area contributed by atoms with Crippen molar-refractivity contribution in [3.63, 3.8) is 0 Å². The van der Waals surface area contributed by atoms with Gasteiger partial charge in [0.25, 0.3) is 5.88 Å². The number of hydrogen-bond donors (Lipinski definition) is 1. The highest BCUT2D eigenvalue weighted by atomic mass is 16.5. The Balaban J connectivity index is 2.06. The van der Waals surface area contributed by atoms with Gasteiger partial charge in [0.1, 0.15) is 0 Å². The maximum absolute atomic E-state index is 9.85. The Morgan fingerprint density at radius 1 is 1.12 bits per heavy atom. The fourth-order valence-electron chi connectivity index (χ4n) is 2.67. The summed E-state index contributed by atoms with van der Waals surface area (Å²) in [5.41, 5.74) is 1.89. The largest absolute Gasteiger partial charge is 0.491 e. The molecule has 0 aliphatic heterocycles. The zero-order chi connectivity index (χ0) is 11.7. The Kier molecular flexibility index (Phi) is 2.59. The van der Waals surface area contributed by atoms with E-state index < -0.39 is 0 Å². The molecule has 1 N–H and O–H groups in total. The fourth-order valence-corrected chi connectivity index (χ4v) is 2.67. The molecule has 2 aromatic rings. The van der Waals surface area contributed by atoms with Gasteiger partial charge < -0.3 is 9.63 Å². The molecule has 0 unspecified atom stereocenters. The number of benzene rings is 1. The third-order valence-corrected chi connectivity index (χ3v) is 3.51. The molecular formula is C14H15NO2. The first-order chi connectivity index (χ1) is 8.36. The molecule has 1 heterocycles. The van der Waals surface area contributed by atoms with Crippen molar-refractivity contribution in [2.24, 2.45) is 0 Å². The van der Waals surface area contributed by atoms with Crippen LogP contribution >= 0.6 is 0 Å². The summed E-state index contributed by atoms with van der Waals surface area (Å²) in [4.78, 5) is 0. The van der Waals surface area contributed by atoms with Crippen molar-refractivity contribution in [3.8, 4) is 17.2 Å². The molecule has 88 valence electrons. The molecule has 0 amide bonds. The smallest absolute Gasteiger partial charge is 0.255 e. The predicted molar refractivity (Wildman–Crippen MR) is 64.8 cm³/mol. The molecule has 1 fully saturated rings. The Morgan fingerprint density at radius 3 is 2.53 bits per heavy atom. The van der Waals surface area contributed by atoms with E-state index in [1.807, 2.05) is 30.3 Å². The summed E-state index contributed by atoms with van der Waals surface area (Å²) >= 11 is 0. The van der Waals surface area contributed by atoms with Crippen molar-refractivity contribution in [1.82, 2.24) is 5.16 Å². The van der Waals surface area contributed by atoms with E-state index in [1.54, 1.807) is 0 Å². The summed E-state index contributed by atoms with van der Waals surface area (Å²) in [6, 6.07) is 9.87. The topological polar surface area (TPSA) is 46.3 Å². The molecule has 17 heavy (non-hydrogen) atoms. The summed E-state index contributed by atoms with van der Waals surface area (Å²) in [5.74, 6) is 1.20. The summed E-state index contributed by atoms with van der Waals surface area (Å²) in [6.45, 7) is 0. The van der Waals surface area contributed by atoms with Crippen LogP contribution in [0.4, 0.5) is 0 Å². The summed E-state index contributed by atoms with van der Waals surface area (Å²) < 4.78 is 5.29. The van der Waals surface area contributed by atoms with E-state index >= 15 is 0 Å². The van der Waals surface area contributed by atoms with Gasteiger partial charge in [-0.25, -0.2) is 0 Å². The summed E-state index contributed by atoms with van der Waals surface area (Å²) in [6.07, 6.45) is 4.69. The van der Waals surface area contributed by atoms with Gasteiger partial charge in [0.2, 0.25) is 0 Å². The van der Waals surface area contributed by atoms with E-state index in [0.29, 0.717) is 5.92 Å². The SMILES string of the molecule is Oc1noc(-c2ccccc2)c1C1CCCC1. The van der Waals surface area contributed by atoms with Gasteiger partial charge in [-0.1, -0.05) is 43.2 Å². The lowest BCUT2D eigenvalue weighted by Crippen LogP contribution is -1.93. The van der Waals surface area contributed by atoms with Crippen molar-refractivity contribution in [3.05, 3.63) is 35.9 Å². The Labute approximate surface area is 100 Å². The molecule has 0 spiro atoms. The zero-order valence-corrected chi connectivity index (χ0v) is 9.60. The van der Waals surface area contributed by atoms with Crippen LogP contribution in [-0.2, 0) is 0 Å². The Morgan fingerprint density at radius 2 is 1.82 bits per heavy atom. The molecule has 0 atom stereocenters. The second kappa shape index (κ2) is 4.24. The molecule has 0 radical (unpaired) electrons. The van der Waals surface area contributed by atoms with Crippen LogP contribution in [0.2, 0.25) is 0 Å². The highest BCUT2D eigenvalue weighted by Crippen LogP contribution is 2.43. The van der Waals surface area contributed by atoms with Crippen molar-refractivity contribution >= 4 is 0 Å². The molecule has 1 aliphatic carbocycles. The van der Waals surface area contributed by atoms with Gasteiger partial charge in [0, 0.05) is 5.56 Å². The second-order valence-electron chi connectivity index (χ2n) is 4.60. The lowest BCUT2D eigenvalue weighted by molar-refractivity contribution is 0.364. The predicted octanol–water partition coefficient (Wildman–Crippen LogP) is 3.70. The average Bonchev–Trinajstić information content (AvgIpc) is 2.99. The van der Waals surface area contributed by atoms with E-state index in [9.17, 15) is 5.11 Å². The highest BCUT2D eigenvalue weighted by Gasteiger charge is 2.27. The van der Waals surface area contributed by atoms with Crippen LogP contribution in [0, 0.1) is 0 Å². The van der Waals surface area contributed by atoms with Gasteiger partial charge in [-0.2, -0.15) is 0 Å². The number of aromatic nitrogens is 1. The van der Waals surface area contributed by atoms with Crippen LogP contribution in [0.3, 0.4) is 0 Å². The van der Waals surface area contributed by atoms with E-state index in [1.165, 1.54) is 12.8 Å². The molecule has 0 saturated heterocycles. The van der Waals surface area contributed by atoms with Gasteiger partial charge in [-0.05, 0) is 23.9 Å². The van der Waals surface area contributed by atoms with Gasteiger partial charge >= 0.3 is 0 Å². The third-order valence-electron chi connectivity index (χ3n) is 3.51. The minimum atomic E-state index is 0.0655. The van der Waals surface area contributed by atoms with E-state index in [-0.39, 0.29) is 5.88 Å². The van der Waals surface area contributed by atoms with E-state index in [4.69, 9.17) is 4.52 Å². The number of rotatable bonds is 2. The van der Waals surface area contributed by atoms with Crippen LogP contribution < -0.4 is 0 Å². The minimum Gasteiger partial charge on any atom is -0.491 e. The maximum atomic E-state index is 9.85. The maximum Gasteiger partial charge on any atom is 0.255 e. The summed E-state index contributed by atoms with van der Waals surface area (Å²) in [5, 5.41) is 13.6. The number of nitrogens with zero attached hydrogens (tertiary/aromatic N) is 1. The van der Waals surface area contributed by atoms with Crippen LogP contribution in [0.5, 0.6) is 5.88 Å². The summed E-state index contributed by atoms with van der Waals surface area (Å²) in [7, 11) is 0. The average molecular weight is 229 g/mol. The first kappa shape index (κ1) is 10.4. The molecule has 3 nitrogen and oxygen atoms in total. The molecule has 1 aromatic carbocycles.